The van der Waals surface area contributed by atoms with E-state index in [-0.39, 0.29) is 41.8 Å². The van der Waals surface area contributed by atoms with Crippen molar-refractivity contribution in [2.75, 3.05) is 16.8 Å². The van der Waals surface area contributed by atoms with E-state index in [1.54, 1.807) is 13.0 Å². The molecule has 3 aromatic heterocycles. The second-order valence-electron chi connectivity index (χ2n) is 20.7. The molecule has 0 fully saturated rings. The molecule has 0 unspecified atom stereocenters. The molecular weight excluding hydrogens is 1220 g/mol. The topological polar surface area (TPSA) is 233 Å². The Balaban J connectivity index is 0.00000560. The summed E-state index contributed by atoms with van der Waals surface area (Å²) in [4.78, 5) is 53.0. The Bertz CT molecular complexity index is 3930. The molecule has 17 nitrogen and oxygen atoms in total. The maximum Gasteiger partial charge on any atom is 0.524 e. The summed E-state index contributed by atoms with van der Waals surface area (Å²) < 4.78 is 216. The Hall–Kier alpha value is -6.57. The summed E-state index contributed by atoms with van der Waals surface area (Å²) in [7, 11) is -14.2. The molecule has 0 bridgehead atoms. The molecule has 3 heterocycles. The van der Waals surface area contributed by atoms with Crippen LogP contribution in [0.25, 0.3) is 22.0 Å². The van der Waals surface area contributed by atoms with Gasteiger partial charge in [0, 0.05) is 52.8 Å². The third-order valence-corrected chi connectivity index (χ3v) is 16.9. The van der Waals surface area contributed by atoms with Gasteiger partial charge in [-0.25, -0.2) is 35.2 Å². The van der Waals surface area contributed by atoms with E-state index in [1.165, 1.54) is 40.7 Å². The number of carbonyl (C=O) groups is 2. The van der Waals surface area contributed by atoms with E-state index in [0.717, 1.165) is 42.7 Å². The Labute approximate surface area is 480 Å². The third kappa shape index (κ3) is 14.9. The smallest absolute Gasteiger partial charge is 0.404 e. The van der Waals surface area contributed by atoms with Gasteiger partial charge in [0.25, 0.3) is 5.92 Å². The molecule has 1 aliphatic carbocycles. The number of amides is 2. The van der Waals surface area contributed by atoms with Gasteiger partial charge in [0.15, 0.2) is 21.3 Å². The lowest BCUT2D eigenvalue weighted by atomic mass is 9.78. The summed E-state index contributed by atoms with van der Waals surface area (Å²) in [6.45, 7) is 8.88. The summed E-state index contributed by atoms with van der Waals surface area (Å²) in [6.07, 6.45) is -12.6. The molecule has 3 N–H and O–H groups in total. The van der Waals surface area contributed by atoms with Crippen LogP contribution in [0.4, 0.5) is 49.7 Å². The maximum absolute atomic E-state index is 15.3. The van der Waals surface area contributed by atoms with Crippen LogP contribution in [0.3, 0.4) is 0 Å². The van der Waals surface area contributed by atoms with E-state index < -0.39 is 174 Å². The number of anilines is 1. The molecular formula is C53H55ClF10N7O10PS2. The number of aromatic nitrogens is 5. The molecule has 2 amide bonds. The van der Waals surface area contributed by atoms with Crippen molar-refractivity contribution in [3.05, 3.63) is 122 Å². The standard InChI is InChI=1S/C51H49ClF10N7O10PS2.C2H6/c1-26-17-27(2)41(37(18-26)79-80(72,73)74)47(3,4)23-39(71)69(82(8,77)78)46-40-35(52)12-11-33(43(40)68(66-46)25-50(57,58)59)32-10-9-31(13-15-48(5,6)81(7,75)76)63-42(32)36(21-28-19-29(53)22-30(54)20-28)64-38(70)24-67-45-34(14-16-49(45,55)56)44(65-67)51(60,61)62;1-2/h9-12,17-20,22,36H,14,16,21,23-25H2,1-8H3,(H,64,70)(H2,72,73,74);1-2H3/t36-;/m0./s1. The molecule has 1 atom stereocenters. The monoisotopic (exact) mass is 1270 g/mol. The first-order valence-corrected chi connectivity index (χ1v) is 30.7. The number of aryl methyl sites for hydroxylation is 2. The van der Waals surface area contributed by atoms with Gasteiger partial charge in [-0.3, -0.25) is 28.7 Å². The lowest BCUT2D eigenvalue weighted by Crippen LogP contribution is -2.40. The second kappa shape index (κ2) is 23.7. The number of phosphoric ester groups is 1. The van der Waals surface area contributed by atoms with Crippen LogP contribution in [0.1, 0.15) is 111 Å². The number of sulfone groups is 1. The normalized spacial score (nSPS) is 14.3. The lowest BCUT2D eigenvalue weighted by molar-refractivity contribution is -0.143. The molecule has 3 aromatic carbocycles. The van der Waals surface area contributed by atoms with Gasteiger partial charge in [-0.2, -0.15) is 49.6 Å². The number of rotatable bonds is 16. The van der Waals surface area contributed by atoms with Crippen molar-refractivity contribution in [1.29, 1.82) is 0 Å². The van der Waals surface area contributed by atoms with E-state index in [9.17, 15) is 75.9 Å². The number of halogens is 11. The fraction of sp³-hybridized carbons (Fsp3) is 0.415. The average molecular weight is 1270 g/mol. The minimum Gasteiger partial charge on any atom is -0.404 e. The molecule has 1 aliphatic rings. The van der Waals surface area contributed by atoms with Crippen molar-refractivity contribution in [3.63, 3.8) is 0 Å². The lowest BCUT2D eigenvalue weighted by Gasteiger charge is -2.31. The number of alkyl halides is 8. The number of nitrogens with one attached hydrogen (secondary N) is 1. The number of fused-ring (bicyclic) bond motifs is 2. The van der Waals surface area contributed by atoms with Crippen molar-refractivity contribution in [2.45, 2.75) is 129 Å². The highest BCUT2D eigenvalue weighted by Gasteiger charge is 2.50. The molecule has 0 aliphatic heterocycles. The highest BCUT2D eigenvalue weighted by Crippen LogP contribution is 2.49. The van der Waals surface area contributed by atoms with Crippen molar-refractivity contribution in [2.24, 2.45) is 0 Å². The van der Waals surface area contributed by atoms with Crippen molar-refractivity contribution < 1.29 is 89.2 Å². The van der Waals surface area contributed by atoms with Crippen LogP contribution in [-0.2, 0) is 77.5 Å². The molecule has 84 heavy (non-hydrogen) atoms. The minimum atomic E-state index is -5.27. The number of carbonyl (C=O) groups excluding carboxylic acids is 2. The van der Waals surface area contributed by atoms with Crippen LogP contribution in [-0.4, -0.2) is 86.4 Å². The van der Waals surface area contributed by atoms with E-state index in [1.807, 2.05) is 13.8 Å². The van der Waals surface area contributed by atoms with Gasteiger partial charge in [0.05, 0.1) is 33.9 Å². The zero-order valence-corrected chi connectivity index (χ0v) is 49.6. The number of phosphoric acid groups is 1. The van der Waals surface area contributed by atoms with E-state index in [2.05, 4.69) is 32.3 Å². The molecule has 6 aromatic rings. The molecule has 0 radical (unpaired) electrons. The summed E-state index contributed by atoms with van der Waals surface area (Å²) in [5, 5.41) is 8.56. The van der Waals surface area contributed by atoms with E-state index in [0.29, 0.717) is 23.4 Å². The third-order valence-electron chi connectivity index (χ3n) is 13.1. The Morgan fingerprint density at radius 1 is 0.905 bits per heavy atom. The Morgan fingerprint density at radius 2 is 1.51 bits per heavy atom. The number of hydrogen-bond acceptors (Lipinski definition) is 11. The van der Waals surface area contributed by atoms with Crippen molar-refractivity contribution >= 4 is 67.8 Å². The second-order valence-corrected chi connectivity index (χ2v) is 26.7. The van der Waals surface area contributed by atoms with Gasteiger partial charge in [-0.1, -0.05) is 57.3 Å². The first-order chi connectivity index (χ1) is 38.4. The van der Waals surface area contributed by atoms with Crippen LogP contribution in [0.2, 0.25) is 5.02 Å². The van der Waals surface area contributed by atoms with Gasteiger partial charge >= 0.3 is 20.2 Å². The highest BCUT2D eigenvalue weighted by molar-refractivity contribution is 7.93. The molecule has 0 saturated carbocycles. The fourth-order valence-corrected chi connectivity index (χ4v) is 11.4. The molecule has 31 heteroatoms. The van der Waals surface area contributed by atoms with E-state index in [4.69, 9.17) is 16.1 Å². The summed E-state index contributed by atoms with van der Waals surface area (Å²) in [5.74, 6) is -5.33. The first kappa shape index (κ1) is 66.6. The number of pyridine rings is 1. The Kier molecular flexibility index (Phi) is 18.8. The zero-order chi connectivity index (χ0) is 63.4. The summed E-state index contributed by atoms with van der Waals surface area (Å²) in [5.41, 5.74) is -7.23. The van der Waals surface area contributed by atoms with Crippen LogP contribution in [0, 0.1) is 37.3 Å². The molecule has 0 saturated heterocycles. The van der Waals surface area contributed by atoms with Gasteiger partial charge in [-0.05, 0) is 99.5 Å². The maximum atomic E-state index is 15.3. The number of hydrogen-bond donors (Lipinski definition) is 3. The van der Waals surface area contributed by atoms with Crippen LogP contribution in [0.5, 0.6) is 5.75 Å². The SMILES string of the molecule is CC.Cc1cc(C)c(C(C)(C)CC(=O)N(c2nn(CC(F)(F)F)c3c(-c4ccc(C#CC(C)(C)S(C)(=O)=O)nc4[C@H](Cc4cc(F)cc(F)c4)NC(=O)Cn4nc(C(F)(F)F)c5c4C(F)(F)CC5)ccc(Cl)c23)S(C)(=O)=O)c(OP(=O)(O)O)c1. The number of nitrogens with zero attached hydrogens (tertiary/aromatic N) is 6. The number of benzene rings is 3. The predicted molar refractivity (Wildman–Crippen MR) is 290 cm³/mol. The van der Waals surface area contributed by atoms with Gasteiger partial charge < -0.3 is 9.84 Å². The van der Waals surface area contributed by atoms with Crippen LogP contribution >= 0.6 is 19.4 Å². The minimum absolute atomic E-state index is 0.0178. The number of sulfonamides is 1. The molecule has 0 spiro atoms. The Morgan fingerprint density at radius 3 is 2.07 bits per heavy atom. The predicted octanol–water partition coefficient (Wildman–Crippen LogP) is 10.9. The quantitative estimate of drug-likeness (QED) is 0.0465. The summed E-state index contributed by atoms with van der Waals surface area (Å²) in [6, 6.07) is 7.36. The van der Waals surface area contributed by atoms with Gasteiger partial charge in [0.1, 0.15) is 46.6 Å². The van der Waals surface area contributed by atoms with Crippen molar-refractivity contribution in [1.82, 2.24) is 29.9 Å². The van der Waals surface area contributed by atoms with Crippen molar-refractivity contribution in [3.8, 4) is 28.7 Å². The van der Waals surface area contributed by atoms with Gasteiger partial charge in [0.2, 0.25) is 21.8 Å². The zero-order valence-electron chi connectivity index (χ0n) is 46.3. The molecule has 7 rings (SSSR count). The average Bonchev–Trinajstić information content (AvgIpc) is 1.65. The summed E-state index contributed by atoms with van der Waals surface area (Å²) >= 11 is 6.77. The molecule has 456 valence electrons. The largest absolute Gasteiger partial charge is 0.524 e. The van der Waals surface area contributed by atoms with Gasteiger partial charge in [-0.15, -0.1) is 0 Å². The van der Waals surface area contributed by atoms with Crippen LogP contribution < -0.4 is 14.1 Å². The highest BCUT2D eigenvalue weighted by atomic mass is 35.5. The van der Waals surface area contributed by atoms with E-state index >= 15 is 8.78 Å². The fourth-order valence-electron chi connectivity index (χ4n) is 9.69. The first-order valence-electron chi connectivity index (χ1n) is 25.1. The van der Waals surface area contributed by atoms with Crippen LogP contribution in [0.15, 0.2) is 54.6 Å².